The number of amides is 1. The molecule has 1 rings (SSSR count). The van der Waals surface area contributed by atoms with Crippen molar-refractivity contribution in [1.29, 1.82) is 0 Å². The first-order valence-corrected chi connectivity index (χ1v) is 5.88. The Morgan fingerprint density at radius 2 is 2.18 bits per heavy atom. The third kappa shape index (κ3) is 3.61. The van der Waals surface area contributed by atoms with Crippen molar-refractivity contribution in [2.75, 3.05) is 19.0 Å². The Morgan fingerprint density at radius 1 is 1.47 bits per heavy atom. The number of aryl methyl sites for hydroxylation is 1. The van der Waals surface area contributed by atoms with Crippen LogP contribution in [0, 0.1) is 0 Å². The van der Waals surface area contributed by atoms with Crippen molar-refractivity contribution >= 4 is 23.2 Å². The minimum absolute atomic E-state index is 0.159. The lowest BCUT2D eigenvalue weighted by Crippen LogP contribution is -2.12. The number of carbonyl (C=O) groups is 1. The predicted molar refractivity (Wildman–Crippen MR) is 69.5 cm³/mol. The molecule has 0 unspecified atom stereocenters. The third-order valence-electron chi connectivity index (χ3n) is 2.56. The Hall–Kier alpha value is -1.26. The minimum Gasteiger partial charge on any atom is -0.396 e. The summed E-state index contributed by atoms with van der Waals surface area (Å²) in [6, 6.07) is 3.35. The molecule has 1 amide bonds. The van der Waals surface area contributed by atoms with Gasteiger partial charge in [-0.1, -0.05) is 11.6 Å². The topological polar surface area (TPSA) is 75.3 Å². The number of unbranched alkanes of at least 4 members (excludes halogenated alkanes) is 1. The van der Waals surface area contributed by atoms with Crippen molar-refractivity contribution in [3.63, 3.8) is 0 Å². The van der Waals surface area contributed by atoms with E-state index in [4.69, 9.17) is 22.4 Å². The molecule has 1 aromatic carbocycles. The van der Waals surface area contributed by atoms with Gasteiger partial charge in [0.25, 0.3) is 0 Å². The average Bonchev–Trinajstić information content (AvgIpc) is 2.31. The van der Waals surface area contributed by atoms with E-state index in [1.54, 1.807) is 19.2 Å². The summed E-state index contributed by atoms with van der Waals surface area (Å²) in [5.74, 6) is -0.471. The Labute approximate surface area is 106 Å². The second-order valence-electron chi connectivity index (χ2n) is 3.79. The molecule has 4 N–H and O–H groups in total. The van der Waals surface area contributed by atoms with Gasteiger partial charge in [0.1, 0.15) is 0 Å². The number of halogens is 1. The number of primary amides is 1. The molecular weight excluding hydrogens is 240 g/mol. The summed E-state index contributed by atoms with van der Waals surface area (Å²) in [5.41, 5.74) is 7.28. The molecule has 0 heterocycles. The van der Waals surface area contributed by atoms with Crippen LogP contribution in [0.1, 0.15) is 28.8 Å². The van der Waals surface area contributed by atoms with E-state index < -0.39 is 5.91 Å². The summed E-state index contributed by atoms with van der Waals surface area (Å²) < 4.78 is 0. The fourth-order valence-corrected chi connectivity index (χ4v) is 1.92. The van der Waals surface area contributed by atoms with Crippen LogP contribution in [0.3, 0.4) is 0 Å². The van der Waals surface area contributed by atoms with Gasteiger partial charge in [-0.15, -0.1) is 0 Å². The number of rotatable bonds is 6. The average molecular weight is 257 g/mol. The summed E-state index contributed by atoms with van der Waals surface area (Å²) in [4.78, 5) is 11.2. The molecule has 0 saturated carbocycles. The zero-order valence-electron chi connectivity index (χ0n) is 9.79. The highest BCUT2D eigenvalue weighted by atomic mass is 35.5. The van der Waals surface area contributed by atoms with Crippen LogP contribution in [0.2, 0.25) is 5.02 Å². The van der Waals surface area contributed by atoms with E-state index >= 15 is 0 Å². The maximum Gasteiger partial charge on any atom is 0.248 e. The fourth-order valence-electron chi connectivity index (χ4n) is 1.62. The molecule has 1 aromatic rings. The smallest absolute Gasteiger partial charge is 0.248 e. The molecule has 0 fully saturated rings. The van der Waals surface area contributed by atoms with Crippen LogP contribution in [-0.2, 0) is 6.42 Å². The first kappa shape index (κ1) is 13.8. The van der Waals surface area contributed by atoms with Gasteiger partial charge in [0, 0.05) is 19.2 Å². The zero-order chi connectivity index (χ0) is 12.8. The van der Waals surface area contributed by atoms with Gasteiger partial charge >= 0.3 is 0 Å². The summed E-state index contributed by atoms with van der Waals surface area (Å²) in [7, 11) is 1.74. The summed E-state index contributed by atoms with van der Waals surface area (Å²) in [6.07, 6.45) is 2.25. The molecular formula is C12H17ClN2O2. The van der Waals surface area contributed by atoms with Gasteiger partial charge in [-0.2, -0.15) is 0 Å². The highest BCUT2D eigenvalue weighted by Gasteiger charge is 2.10. The van der Waals surface area contributed by atoms with E-state index in [1.165, 1.54) is 0 Å². The minimum atomic E-state index is -0.471. The second kappa shape index (κ2) is 6.47. The van der Waals surface area contributed by atoms with Crippen molar-refractivity contribution in [2.45, 2.75) is 19.3 Å². The fraction of sp³-hybridized carbons (Fsp3) is 0.417. The van der Waals surface area contributed by atoms with Gasteiger partial charge in [-0.25, -0.2) is 0 Å². The summed E-state index contributed by atoms with van der Waals surface area (Å²) in [6.45, 7) is 0.159. The molecule has 0 radical (unpaired) electrons. The molecule has 0 aliphatic heterocycles. The molecule has 0 aliphatic rings. The number of aliphatic hydroxyl groups is 1. The quantitative estimate of drug-likeness (QED) is 0.680. The van der Waals surface area contributed by atoms with Crippen LogP contribution in [0.25, 0.3) is 0 Å². The molecule has 17 heavy (non-hydrogen) atoms. The molecule has 0 bridgehead atoms. The Bertz CT molecular complexity index is 408. The van der Waals surface area contributed by atoms with Gasteiger partial charge < -0.3 is 16.2 Å². The van der Waals surface area contributed by atoms with E-state index in [1.807, 2.05) is 0 Å². The number of nitrogens with two attached hydrogens (primary N) is 1. The maximum absolute atomic E-state index is 11.2. The van der Waals surface area contributed by atoms with Gasteiger partial charge in [-0.05, 0) is 37.0 Å². The number of aliphatic hydroxyl groups excluding tert-OH is 1. The highest BCUT2D eigenvalue weighted by Crippen LogP contribution is 2.28. The third-order valence-corrected chi connectivity index (χ3v) is 3.00. The molecule has 4 nitrogen and oxygen atoms in total. The van der Waals surface area contributed by atoms with E-state index in [2.05, 4.69) is 5.32 Å². The van der Waals surface area contributed by atoms with Gasteiger partial charge in [-0.3, -0.25) is 4.79 Å². The largest absolute Gasteiger partial charge is 0.396 e. The summed E-state index contributed by atoms with van der Waals surface area (Å²) >= 11 is 6.19. The van der Waals surface area contributed by atoms with Crippen LogP contribution >= 0.6 is 11.6 Å². The standard InChI is InChI=1S/C12H17ClN2O2/c1-15-10-7-9(12(14)17)6-8(11(10)13)4-2-3-5-16/h6-7,15-16H,2-5H2,1H3,(H2,14,17). The van der Waals surface area contributed by atoms with Gasteiger partial charge in [0.2, 0.25) is 5.91 Å². The van der Waals surface area contributed by atoms with E-state index in [0.29, 0.717) is 22.7 Å². The van der Waals surface area contributed by atoms with Crippen LogP contribution < -0.4 is 11.1 Å². The second-order valence-corrected chi connectivity index (χ2v) is 4.17. The van der Waals surface area contributed by atoms with E-state index in [9.17, 15) is 4.79 Å². The molecule has 94 valence electrons. The SMILES string of the molecule is CNc1cc(C(N)=O)cc(CCCCO)c1Cl. The van der Waals surface area contributed by atoms with Gasteiger partial charge in [0.05, 0.1) is 10.7 Å². The van der Waals surface area contributed by atoms with Crippen molar-refractivity contribution in [3.05, 3.63) is 28.3 Å². The van der Waals surface area contributed by atoms with Crippen molar-refractivity contribution < 1.29 is 9.90 Å². The van der Waals surface area contributed by atoms with Crippen molar-refractivity contribution in [1.82, 2.24) is 0 Å². The summed E-state index contributed by atoms with van der Waals surface area (Å²) in [5, 5.41) is 12.3. The number of hydrogen-bond donors (Lipinski definition) is 3. The molecule has 0 atom stereocenters. The van der Waals surface area contributed by atoms with Crippen LogP contribution in [0.15, 0.2) is 12.1 Å². The number of benzene rings is 1. The molecule has 0 spiro atoms. The normalized spacial score (nSPS) is 10.3. The first-order chi connectivity index (χ1) is 8.10. The van der Waals surface area contributed by atoms with Crippen LogP contribution in [-0.4, -0.2) is 24.7 Å². The van der Waals surface area contributed by atoms with Gasteiger partial charge in [0.15, 0.2) is 0 Å². The molecule has 0 aromatic heterocycles. The van der Waals surface area contributed by atoms with Crippen molar-refractivity contribution in [2.24, 2.45) is 5.73 Å². The Kier molecular flexibility index (Phi) is 5.25. The van der Waals surface area contributed by atoms with Crippen LogP contribution in [0.5, 0.6) is 0 Å². The van der Waals surface area contributed by atoms with E-state index in [0.717, 1.165) is 18.4 Å². The monoisotopic (exact) mass is 256 g/mol. The predicted octanol–water partition coefficient (Wildman–Crippen LogP) is 1.80. The molecule has 5 heteroatoms. The lowest BCUT2D eigenvalue weighted by atomic mass is 10.0. The number of anilines is 1. The maximum atomic E-state index is 11.2. The molecule has 0 aliphatic carbocycles. The lowest BCUT2D eigenvalue weighted by Gasteiger charge is -2.11. The highest BCUT2D eigenvalue weighted by molar-refractivity contribution is 6.34. The Balaban J connectivity index is 3.00. The van der Waals surface area contributed by atoms with Crippen molar-refractivity contribution in [3.8, 4) is 0 Å². The Morgan fingerprint density at radius 3 is 2.71 bits per heavy atom. The van der Waals surface area contributed by atoms with Crippen LogP contribution in [0.4, 0.5) is 5.69 Å². The number of nitrogens with one attached hydrogen (secondary N) is 1. The van der Waals surface area contributed by atoms with E-state index in [-0.39, 0.29) is 6.61 Å². The number of hydrogen-bond acceptors (Lipinski definition) is 3. The number of carbonyl (C=O) groups excluding carboxylic acids is 1. The first-order valence-electron chi connectivity index (χ1n) is 5.51. The lowest BCUT2D eigenvalue weighted by molar-refractivity contribution is 0.1000. The zero-order valence-corrected chi connectivity index (χ0v) is 10.5. The molecule has 0 saturated heterocycles.